The van der Waals surface area contributed by atoms with Gasteiger partial charge in [-0.25, -0.2) is 13.2 Å². The number of carbonyl (C=O) groups excluding carboxylic acids is 1. The van der Waals surface area contributed by atoms with Gasteiger partial charge in [-0.05, 0) is 48.7 Å². The van der Waals surface area contributed by atoms with Crippen LogP contribution in [-0.4, -0.2) is 31.4 Å². The molecular weight excluding hydrogens is 368 g/mol. The van der Waals surface area contributed by atoms with Crippen molar-refractivity contribution in [2.24, 2.45) is 5.92 Å². The van der Waals surface area contributed by atoms with Crippen molar-refractivity contribution in [1.29, 1.82) is 0 Å². The van der Waals surface area contributed by atoms with Crippen LogP contribution in [0.25, 0.3) is 0 Å². The van der Waals surface area contributed by atoms with Gasteiger partial charge < -0.3 is 10.4 Å². The van der Waals surface area contributed by atoms with E-state index in [2.05, 4.69) is 10.0 Å². The van der Waals surface area contributed by atoms with E-state index in [1.165, 1.54) is 24.3 Å². The number of amides is 1. The molecule has 0 aromatic heterocycles. The van der Waals surface area contributed by atoms with Gasteiger partial charge in [0.15, 0.2) is 0 Å². The monoisotopic (exact) mass is 390 g/mol. The lowest BCUT2D eigenvalue weighted by atomic mass is 10.0. The Morgan fingerprint density at radius 3 is 2.30 bits per heavy atom. The second-order valence-corrected chi connectivity index (χ2v) is 8.22. The van der Waals surface area contributed by atoms with Crippen LogP contribution >= 0.6 is 0 Å². The number of carboxylic acids is 1. The average Bonchev–Trinajstić information content (AvgIpc) is 2.58. The second-order valence-electron chi connectivity index (χ2n) is 6.54. The van der Waals surface area contributed by atoms with Crippen LogP contribution in [0.3, 0.4) is 0 Å². The fraction of sp³-hybridized carbons (Fsp3) is 0.263. The molecule has 0 spiro atoms. The minimum Gasteiger partial charge on any atom is -0.480 e. The molecule has 2 aromatic rings. The topological polar surface area (TPSA) is 113 Å². The molecule has 27 heavy (non-hydrogen) atoms. The van der Waals surface area contributed by atoms with E-state index in [0.29, 0.717) is 5.69 Å². The highest BCUT2D eigenvalue weighted by Gasteiger charge is 2.24. The summed E-state index contributed by atoms with van der Waals surface area (Å²) in [4.78, 5) is 23.5. The fourth-order valence-electron chi connectivity index (χ4n) is 2.47. The van der Waals surface area contributed by atoms with Crippen LogP contribution in [0.4, 0.5) is 5.69 Å². The van der Waals surface area contributed by atoms with Crippen LogP contribution in [0, 0.1) is 12.8 Å². The van der Waals surface area contributed by atoms with Crippen LogP contribution in [0.15, 0.2) is 53.4 Å². The molecule has 0 heterocycles. The highest BCUT2D eigenvalue weighted by atomic mass is 32.2. The SMILES string of the molecule is Cc1cccc(NS(=O)(=O)c2cccc(C(=O)N[C@@H](C(=O)O)C(C)C)c2)c1. The van der Waals surface area contributed by atoms with Crippen LogP contribution in [0.5, 0.6) is 0 Å². The molecule has 7 nitrogen and oxygen atoms in total. The molecule has 2 aromatic carbocycles. The van der Waals surface area contributed by atoms with Crippen LogP contribution < -0.4 is 10.0 Å². The number of hydrogen-bond donors (Lipinski definition) is 3. The van der Waals surface area contributed by atoms with E-state index in [0.717, 1.165) is 5.56 Å². The zero-order valence-electron chi connectivity index (χ0n) is 15.3. The summed E-state index contributed by atoms with van der Waals surface area (Å²) in [6.45, 7) is 5.19. The Hall–Kier alpha value is -2.87. The zero-order valence-corrected chi connectivity index (χ0v) is 16.1. The maximum atomic E-state index is 12.6. The standard InChI is InChI=1S/C19H22N2O5S/c1-12(2)17(19(23)24)20-18(22)14-7-5-9-16(11-14)27(25,26)21-15-8-4-6-13(3)10-15/h4-12,17,21H,1-3H3,(H,20,22)(H,23,24)/t17-/m1/s1. The summed E-state index contributed by atoms with van der Waals surface area (Å²) < 4.78 is 27.6. The van der Waals surface area contributed by atoms with Gasteiger partial charge in [0.2, 0.25) is 0 Å². The summed E-state index contributed by atoms with van der Waals surface area (Å²) in [5.41, 5.74) is 1.38. The maximum Gasteiger partial charge on any atom is 0.326 e. The Bertz CT molecular complexity index is 954. The number of sulfonamides is 1. The molecule has 0 fully saturated rings. The van der Waals surface area contributed by atoms with Crippen molar-refractivity contribution in [3.05, 3.63) is 59.7 Å². The van der Waals surface area contributed by atoms with Gasteiger partial charge in [-0.2, -0.15) is 0 Å². The number of rotatable bonds is 7. The summed E-state index contributed by atoms with van der Waals surface area (Å²) in [6, 6.07) is 11.3. The molecule has 0 saturated carbocycles. The maximum absolute atomic E-state index is 12.6. The number of hydrogen-bond acceptors (Lipinski definition) is 4. The number of anilines is 1. The van der Waals surface area contributed by atoms with Crippen LogP contribution in [0.1, 0.15) is 29.8 Å². The lowest BCUT2D eigenvalue weighted by Crippen LogP contribution is -2.44. The first kappa shape index (κ1) is 20.4. The summed E-state index contributed by atoms with van der Waals surface area (Å²) in [5, 5.41) is 11.6. The third-order valence-electron chi connectivity index (χ3n) is 3.90. The normalized spacial score (nSPS) is 12.4. The predicted molar refractivity (Wildman–Crippen MR) is 102 cm³/mol. The Labute approximate surface area is 158 Å². The number of carbonyl (C=O) groups is 2. The highest BCUT2D eigenvalue weighted by Crippen LogP contribution is 2.18. The van der Waals surface area contributed by atoms with Crippen molar-refractivity contribution >= 4 is 27.6 Å². The van der Waals surface area contributed by atoms with Gasteiger partial charge >= 0.3 is 5.97 Å². The first-order valence-electron chi connectivity index (χ1n) is 8.33. The molecule has 8 heteroatoms. The minimum absolute atomic E-state index is 0.0639. The van der Waals surface area contributed by atoms with E-state index in [-0.39, 0.29) is 16.4 Å². The van der Waals surface area contributed by atoms with E-state index in [1.54, 1.807) is 32.0 Å². The summed E-state index contributed by atoms with van der Waals surface area (Å²) in [6.07, 6.45) is 0. The molecule has 0 aliphatic carbocycles. The summed E-state index contributed by atoms with van der Waals surface area (Å²) in [7, 11) is -3.89. The Balaban J connectivity index is 2.25. The van der Waals surface area contributed by atoms with Gasteiger partial charge in [0.1, 0.15) is 6.04 Å². The molecule has 1 atom stereocenters. The summed E-state index contributed by atoms with van der Waals surface area (Å²) in [5.74, 6) is -2.12. The van der Waals surface area contributed by atoms with E-state index in [1.807, 2.05) is 13.0 Å². The first-order chi connectivity index (χ1) is 12.6. The van der Waals surface area contributed by atoms with E-state index in [4.69, 9.17) is 0 Å². The third kappa shape index (κ3) is 5.30. The van der Waals surface area contributed by atoms with Gasteiger partial charge in [0.05, 0.1) is 4.90 Å². The summed E-state index contributed by atoms with van der Waals surface area (Å²) >= 11 is 0. The largest absolute Gasteiger partial charge is 0.480 e. The minimum atomic E-state index is -3.89. The van der Waals surface area contributed by atoms with Crippen LogP contribution in [0.2, 0.25) is 0 Å². The van der Waals surface area contributed by atoms with Gasteiger partial charge in [0.25, 0.3) is 15.9 Å². The number of benzene rings is 2. The van der Waals surface area contributed by atoms with Gasteiger partial charge in [-0.1, -0.05) is 32.0 Å². The lowest BCUT2D eigenvalue weighted by molar-refractivity contribution is -0.140. The van der Waals surface area contributed by atoms with Crippen molar-refractivity contribution in [2.75, 3.05) is 4.72 Å². The van der Waals surface area contributed by atoms with Gasteiger partial charge in [-0.3, -0.25) is 9.52 Å². The van der Waals surface area contributed by atoms with E-state index < -0.39 is 27.9 Å². The number of carboxylic acid groups (broad SMARTS) is 1. The van der Waals surface area contributed by atoms with E-state index in [9.17, 15) is 23.1 Å². The number of aryl methyl sites for hydroxylation is 1. The molecular formula is C19H22N2O5S. The molecule has 0 unspecified atom stereocenters. The zero-order chi connectivity index (χ0) is 20.2. The smallest absolute Gasteiger partial charge is 0.326 e. The molecule has 0 aliphatic heterocycles. The van der Waals surface area contributed by atoms with Gasteiger partial charge in [0, 0.05) is 11.3 Å². The Morgan fingerprint density at radius 2 is 1.70 bits per heavy atom. The number of aliphatic carboxylic acids is 1. The molecule has 144 valence electrons. The van der Waals surface area contributed by atoms with Crippen molar-refractivity contribution in [1.82, 2.24) is 5.32 Å². The second kappa shape index (κ2) is 8.22. The molecule has 0 radical (unpaired) electrons. The van der Waals surface area contributed by atoms with Crippen molar-refractivity contribution < 1.29 is 23.1 Å². The first-order valence-corrected chi connectivity index (χ1v) is 9.81. The molecule has 3 N–H and O–H groups in total. The highest BCUT2D eigenvalue weighted by molar-refractivity contribution is 7.92. The quantitative estimate of drug-likeness (QED) is 0.673. The predicted octanol–water partition coefficient (Wildman–Crippen LogP) is 2.63. The van der Waals surface area contributed by atoms with Gasteiger partial charge in [-0.15, -0.1) is 0 Å². The van der Waals surface area contributed by atoms with Crippen molar-refractivity contribution in [3.8, 4) is 0 Å². The molecule has 0 aliphatic rings. The van der Waals surface area contributed by atoms with Crippen LogP contribution in [-0.2, 0) is 14.8 Å². The molecule has 0 bridgehead atoms. The van der Waals surface area contributed by atoms with Crippen molar-refractivity contribution in [2.45, 2.75) is 31.7 Å². The fourth-order valence-corrected chi connectivity index (χ4v) is 3.56. The molecule has 2 rings (SSSR count). The molecule has 1 amide bonds. The molecule has 0 saturated heterocycles. The Kier molecular flexibility index (Phi) is 6.22. The Morgan fingerprint density at radius 1 is 1.04 bits per heavy atom. The van der Waals surface area contributed by atoms with Crippen molar-refractivity contribution in [3.63, 3.8) is 0 Å². The number of nitrogens with one attached hydrogen (secondary N) is 2. The third-order valence-corrected chi connectivity index (χ3v) is 5.28. The van der Waals surface area contributed by atoms with E-state index >= 15 is 0 Å². The lowest BCUT2D eigenvalue weighted by Gasteiger charge is -2.18. The average molecular weight is 390 g/mol.